The number of rotatable bonds is 7. The molecule has 1 heterocycles. The van der Waals surface area contributed by atoms with Crippen LogP contribution >= 0.6 is 23.8 Å². The zero-order chi connectivity index (χ0) is 24.1. The first-order valence-electron chi connectivity index (χ1n) is 11.2. The first kappa shape index (κ1) is 24.3. The first-order chi connectivity index (χ1) is 16.3. The smallest absolute Gasteiger partial charge is 0.261 e. The van der Waals surface area contributed by atoms with Crippen molar-refractivity contribution in [1.29, 1.82) is 0 Å². The van der Waals surface area contributed by atoms with E-state index in [1.54, 1.807) is 36.4 Å². The van der Waals surface area contributed by atoms with Gasteiger partial charge in [-0.3, -0.25) is 4.72 Å². The lowest BCUT2D eigenvalue weighted by atomic mass is 10.1. The van der Waals surface area contributed by atoms with Crippen molar-refractivity contribution in [3.05, 3.63) is 77.3 Å². The summed E-state index contributed by atoms with van der Waals surface area (Å²) in [5.41, 5.74) is 4.12. The van der Waals surface area contributed by atoms with Gasteiger partial charge in [0, 0.05) is 29.5 Å². The third-order valence-corrected chi connectivity index (χ3v) is 7.52. The summed E-state index contributed by atoms with van der Waals surface area (Å²) in [5, 5.41) is 7.33. The number of nitrogens with one attached hydrogen (secondary N) is 3. The largest absolute Gasteiger partial charge is 0.370 e. The maximum absolute atomic E-state index is 13.1. The predicted molar refractivity (Wildman–Crippen MR) is 146 cm³/mol. The molecule has 0 aromatic heterocycles. The minimum Gasteiger partial charge on any atom is -0.370 e. The zero-order valence-corrected chi connectivity index (χ0v) is 21.2. The fraction of sp³-hybridized carbons (Fsp3) is 0.240. The number of thiocarbonyl (C=S) groups is 1. The number of benzene rings is 3. The van der Waals surface area contributed by atoms with E-state index in [1.807, 2.05) is 18.2 Å². The molecule has 1 aliphatic heterocycles. The van der Waals surface area contributed by atoms with Crippen molar-refractivity contribution in [2.45, 2.75) is 31.1 Å². The van der Waals surface area contributed by atoms with Crippen molar-refractivity contribution in [2.24, 2.45) is 0 Å². The van der Waals surface area contributed by atoms with E-state index in [2.05, 4.69) is 39.3 Å². The van der Waals surface area contributed by atoms with Crippen LogP contribution in [0.1, 0.15) is 25.3 Å². The van der Waals surface area contributed by atoms with Gasteiger partial charge in [-0.25, -0.2) is 8.42 Å². The van der Waals surface area contributed by atoms with Gasteiger partial charge in [-0.2, -0.15) is 0 Å². The van der Waals surface area contributed by atoms with Gasteiger partial charge < -0.3 is 15.5 Å². The van der Waals surface area contributed by atoms with Crippen molar-refractivity contribution in [3.63, 3.8) is 0 Å². The molecule has 178 valence electrons. The minimum absolute atomic E-state index is 0.142. The van der Waals surface area contributed by atoms with Crippen LogP contribution in [0.5, 0.6) is 0 Å². The molecular formula is C25H27ClN4O2S2. The maximum atomic E-state index is 13.1. The first-order valence-corrected chi connectivity index (χ1v) is 13.5. The zero-order valence-electron chi connectivity index (χ0n) is 18.8. The van der Waals surface area contributed by atoms with E-state index in [9.17, 15) is 8.42 Å². The summed E-state index contributed by atoms with van der Waals surface area (Å²) in [6, 6.07) is 19.7. The van der Waals surface area contributed by atoms with Gasteiger partial charge in [-0.1, -0.05) is 30.7 Å². The quantitative estimate of drug-likeness (QED) is 0.330. The molecule has 6 nitrogen and oxygen atoms in total. The number of halogens is 1. The fourth-order valence-corrected chi connectivity index (χ4v) is 5.29. The Kier molecular flexibility index (Phi) is 7.60. The Morgan fingerprint density at radius 1 is 0.941 bits per heavy atom. The Hall–Kier alpha value is -2.81. The molecule has 4 rings (SSSR count). The Morgan fingerprint density at radius 2 is 1.59 bits per heavy atom. The van der Waals surface area contributed by atoms with E-state index in [1.165, 1.54) is 5.56 Å². The normalized spacial score (nSPS) is 13.5. The second-order valence-electron chi connectivity index (χ2n) is 8.12. The molecule has 3 aromatic carbocycles. The number of nitrogens with zero attached hydrogens (tertiary/aromatic N) is 1. The molecule has 0 saturated carbocycles. The Labute approximate surface area is 211 Å². The molecule has 0 atom stereocenters. The highest BCUT2D eigenvalue weighted by molar-refractivity contribution is 7.92. The highest BCUT2D eigenvalue weighted by Crippen LogP contribution is 2.32. The summed E-state index contributed by atoms with van der Waals surface area (Å²) >= 11 is 11.5. The van der Waals surface area contributed by atoms with Crippen LogP contribution in [0.3, 0.4) is 0 Å². The molecule has 34 heavy (non-hydrogen) atoms. The summed E-state index contributed by atoms with van der Waals surface area (Å²) in [6.45, 7) is 3.95. The summed E-state index contributed by atoms with van der Waals surface area (Å²) in [5.74, 6) is 0. The van der Waals surface area contributed by atoms with E-state index in [4.69, 9.17) is 23.8 Å². The van der Waals surface area contributed by atoms with Crippen molar-refractivity contribution in [1.82, 2.24) is 0 Å². The molecule has 1 aliphatic rings. The molecule has 0 bridgehead atoms. The molecule has 0 radical (unpaired) electrons. The van der Waals surface area contributed by atoms with E-state index < -0.39 is 10.0 Å². The molecule has 1 fully saturated rings. The van der Waals surface area contributed by atoms with Gasteiger partial charge in [0.25, 0.3) is 10.0 Å². The molecule has 0 unspecified atom stereocenters. The van der Waals surface area contributed by atoms with Crippen molar-refractivity contribution in [2.75, 3.05) is 33.3 Å². The lowest BCUT2D eigenvalue weighted by Crippen LogP contribution is -2.24. The predicted octanol–water partition coefficient (Wildman–Crippen LogP) is 6.11. The number of anilines is 4. The third-order valence-electron chi connectivity index (χ3n) is 5.69. The van der Waals surface area contributed by atoms with Crippen molar-refractivity contribution in [3.8, 4) is 0 Å². The second kappa shape index (κ2) is 10.6. The number of sulfonamides is 1. The highest BCUT2D eigenvalue weighted by Gasteiger charge is 2.21. The minimum atomic E-state index is -3.81. The van der Waals surface area contributed by atoms with Gasteiger partial charge in [0.15, 0.2) is 5.11 Å². The number of hydrogen-bond acceptors (Lipinski definition) is 4. The van der Waals surface area contributed by atoms with Crippen LogP contribution in [0.15, 0.2) is 71.6 Å². The molecule has 0 spiro atoms. The molecule has 3 aromatic rings. The van der Waals surface area contributed by atoms with E-state index in [-0.39, 0.29) is 4.90 Å². The van der Waals surface area contributed by atoms with Crippen LogP contribution in [-0.4, -0.2) is 26.6 Å². The monoisotopic (exact) mass is 514 g/mol. The van der Waals surface area contributed by atoms with E-state index >= 15 is 0 Å². The van der Waals surface area contributed by atoms with Crippen LogP contribution < -0.4 is 20.3 Å². The molecule has 3 N–H and O–H groups in total. The lowest BCUT2D eigenvalue weighted by molar-refractivity contribution is 0.601. The highest BCUT2D eigenvalue weighted by atomic mass is 35.5. The third kappa shape index (κ3) is 6.00. The van der Waals surface area contributed by atoms with Crippen LogP contribution in [-0.2, 0) is 16.4 Å². The average molecular weight is 515 g/mol. The molecule has 1 saturated heterocycles. The molecule has 9 heteroatoms. The van der Waals surface area contributed by atoms with Gasteiger partial charge >= 0.3 is 0 Å². The van der Waals surface area contributed by atoms with Crippen LogP contribution in [0.4, 0.5) is 22.7 Å². The Balaban J connectivity index is 1.58. The average Bonchev–Trinajstić information content (AvgIpc) is 3.35. The van der Waals surface area contributed by atoms with Crippen molar-refractivity contribution < 1.29 is 8.42 Å². The summed E-state index contributed by atoms with van der Waals surface area (Å²) in [7, 11) is -3.81. The Morgan fingerprint density at radius 3 is 2.24 bits per heavy atom. The SMILES string of the molecule is CCc1ccc(NC(=S)Nc2cc(S(=O)(=O)Nc3ccc(Cl)cc3)ccc2N2CCCC2)cc1. The summed E-state index contributed by atoms with van der Waals surface area (Å²) in [4.78, 5) is 2.38. The van der Waals surface area contributed by atoms with Gasteiger partial charge in [0.1, 0.15) is 0 Å². The topological polar surface area (TPSA) is 73.5 Å². The second-order valence-corrected chi connectivity index (χ2v) is 10.6. The van der Waals surface area contributed by atoms with E-state index in [0.29, 0.717) is 21.5 Å². The molecule has 0 aliphatic carbocycles. The lowest BCUT2D eigenvalue weighted by Gasteiger charge is -2.23. The standard InChI is InChI=1S/C25H27ClN4O2S2/c1-2-18-5-9-20(10-6-18)27-25(33)28-23-17-22(13-14-24(23)30-15-3-4-16-30)34(31,32)29-21-11-7-19(26)8-12-21/h5-14,17,29H,2-4,15-16H2,1H3,(H2,27,28,33). The van der Waals surface area contributed by atoms with Gasteiger partial charge in [-0.05, 0) is 91.6 Å². The van der Waals surface area contributed by atoms with Gasteiger partial charge in [0.2, 0.25) is 0 Å². The molecular weight excluding hydrogens is 488 g/mol. The Bertz CT molecular complexity index is 1260. The summed E-state index contributed by atoms with van der Waals surface area (Å²) in [6.07, 6.45) is 3.17. The van der Waals surface area contributed by atoms with Crippen LogP contribution in [0.25, 0.3) is 0 Å². The number of hydrogen-bond donors (Lipinski definition) is 3. The fourth-order valence-electron chi connectivity index (χ4n) is 3.86. The maximum Gasteiger partial charge on any atom is 0.261 e. The van der Waals surface area contributed by atoms with Crippen LogP contribution in [0.2, 0.25) is 5.02 Å². The van der Waals surface area contributed by atoms with E-state index in [0.717, 1.165) is 43.7 Å². The molecule has 0 amide bonds. The summed E-state index contributed by atoms with van der Waals surface area (Å²) < 4.78 is 28.8. The number of aryl methyl sites for hydroxylation is 1. The van der Waals surface area contributed by atoms with Gasteiger partial charge in [-0.15, -0.1) is 0 Å². The van der Waals surface area contributed by atoms with Crippen molar-refractivity contribution >= 4 is 61.7 Å². The van der Waals surface area contributed by atoms with Crippen LogP contribution in [0, 0.1) is 0 Å². The van der Waals surface area contributed by atoms with Gasteiger partial charge in [0.05, 0.1) is 16.3 Å².